The molecule has 0 aromatic carbocycles. The summed E-state index contributed by atoms with van der Waals surface area (Å²) in [7, 11) is 0.759. The summed E-state index contributed by atoms with van der Waals surface area (Å²) in [6.07, 6.45) is 0. The van der Waals surface area contributed by atoms with Crippen LogP contribution in [-0.2, 0) is 21.5 Å². The van der Waals surface area contributed by atoms with Crippen molar-refractivity contribution in [3.63, 3.8) is 0 Å². The van der Waals surface area contributed by atoms with E-state index >= 15 is 0 Å². The van der Waals surface area contributed by atoms with Gasteiger partial charge in [-0.3, -0.25) is 0 Å². The number of hydrogen-bond donors (Lipinski definition) is 0. The fourth-order valence-electron chi connectivity index (χ4n) is 0.144. The first-order valence-corrected chi connectivity index (χ1v) is 13.1. The van der Waals surface area contributed by atoms with E-state index in [0.29, 0.717) is 15.8 Å². The zero-order valence-corrected chi connectivity index (χ0v) is 19.0. The fourth-order valence-corrected chi connectivity index (χ4v) is 1.18. The van der Waals surface area contributed by atoms with Gasteiger partial charge >= 0.3 is 52.0 Å². The molecule has 0 amide bonds. The third kappa shape index (κ3) is 132. The van der Waals surface area contributed by atoms with Gasteiger partial charge in [0.1, 0.15) is 0 Å². The molecule has 0 rings (SSSR count). The largest absolute Gasteiger partial charge is 0.147 e. The molecular formula is C11H30Cl2OP2W. The summed E-state index contributed by atoms with van der Waals surface area (Å²) in [4.78, 5) is 0. The minimum atomic E-state index is -1.27. The smallest absolute Gasteiger partial charge is 0.0449 e. The maximum absolute atomic E-state index is 10.1. The average molecular weight is 495 g/mol. The van der Waals surface area contributed by atoms with Crippen LogP contribution in [0, 0.1) is 5.41 Å². The SMILES string of the molecule is CC(C)(C)[CH]=[W]=[O].CP(C)C.CP(C)C.Cl.Cl. The average Bonchev–Trinajstić information content (AvgIpc) is 1.79. The molecule has 17 heavy (non-hydrogen) atoms. The Morgan fingerprint density at radius 1 is 0.824 bits per heavy atom. The summed E-state index contributed by atoms with van der Waals surface area (Å²) in [5.74, 6) is 0. The summed E-state index contributed by atoms with van der Waals surface area (Å²) in [5.41, 5.74) is 0.187. The van der Waals surface area contributed by atoms with Crippen molar-refractivity contribution in [3.8, 4) is 0 Å². The Morgan fingerprint density at radius 2 is 1.00 bits per heavy atom. The van der Waals surface area contributed by atoms with Gasteiger partial charge in [0.15, 0.2) is 0 Å². The number of rotatable bonds is 0. The van der Waals surface area contributed by atoms with Crippen molar-refractivity contribution in [2.75, 3.05) is 40.0 Å². The third-order valence-corrected chi connectivity index (χ3v) is 3.29. The molecular weight excluding hydrogens is 465 g/mol. The maximum atomic E-state index is 10.1. The number of hydrogen-bond acceptors (Lipinski definition) is 1. The first-order valence-electron chi connectivity index (χ1n) is 4.87. The van der Waals surface area contributed by atoms with Gasteiger partial charge in [-0.1, -0.05) is 0 Å². The van der Waals surface area contributed by atoms with E-state index in [2.05, 4.69) is 60.8 Å². The van der Waals surface area contributed by atoms with E-state index in [4.69, 9.17) is 0 Å². The second-order valence-electron chi connectivity index (χ2n) is 5.26. The molecule has 0 fully saturated rings. The van der Waals surface area contributed by atoms with Crippen LogP contribution in [0.15, 0.2) is 0 Å². The predicted octanol–water partition coefficient (Wildman–Crippen LogP) is 4.82. The summed E-state index contributed by atoms with van der Waals surface area (Å²) in [6.45, 7) is 19.6. The fraction of sp³-hybridized carbons (Fsp3) is 0.909. The van der Waals surface area contributed by atoms with Gasteiger partial charge in [0.05, 0.1) is 0 Å². The predicted molar refractivity (Wildman–Crippen MR) is 90.1 cm³/mol. The molecule has 6 heteroatoms. The van der Waals surface area contributed by atoms with Crippen LogP contribution >= 0.6 is 40.7 Å². The van der Waals surface area contributed by atoms with Crippen molar-refractivity contribution in [3.05, 3.63) is 0 Å². The quantitative estimate of drug-likeness (QED) is 0.441. The minimum Gasteiger partial charge on any atom is -0.147 e. The Hall–Kier alpha value is 1.80. The molecule has 0 radical (unpaired) electrons. The van der Waals surface area contributed by atoms with Gasteiger partial charge in [0.25, 0.3) is 0 Å². The van der Waals surface area contributed by atoms with E-state index in [9.17, 15) is 3.40 Å². The third-order valence-electron chi connectivity index (χ3n) is 0.402. The molecule has 0 N–H and O–H groups in total. The second kappa shape index (κ2) is 20.1. The molecule has 0 atom stereocenters. The van der Waals surface area contributed by atoms with Crippen LogP contribution in [-0.4, -0.2) is 44.4 Å². The van der Waals surface area contributed by atoms with Crippen molar-refractivity contribution >= 4 is 45.1 Å². The first kappa shape index (κ1) is 31.3. The van der Waals surface area contributed by atoms with Crippen molar-refractivity contribution in [2.24, 2.45) is 5.41 Å². The van der Waals surface area contributed by atoms with Crippen molar-refractivity contribution in [1.29, 1.82) is 0 Å². The molecule has 0 heterocycles. The van der Waals surface area contributed by atoms with E-state index in [1.54, 1.807) is 0 Å². The van der Waals surface area contributed by atoms with Crippen LogP contribution in [0.2, 0.25) is 0 Å². The molecule has 110 valence electrons. The van der Waals surface area contributed by atoms with Gasteiger partial charge in [-0.2, -0.15) is 0 Å². The minimum absolute atomic E-state index is 0. The zero-order chi connectivity index (χ0) is 13.1. The van der Waals surface area contributed by atoms with E-state index in [1.807, 2.05) is 4.40 Å². The summed E-state index contributed by atoms with van der Waals surface area (Å²) < 4.78 is 12.0. The molecule has 0 saturated heterocycles. The molecule has 0 aliphatic carbocycles. The van der Waals surface area contributed by atoms with Crippen molar-refractivity contribution < 1.29 is 21.5 Å². The van der Waals surface area contributed by atoms with Crippen molar-refractivity contribution in [1.82, 2.24) is 0 Å². The van der Waals surface area contributed by atoms with Crippen LogP contribution in [0.4, 0.5) is 0 Å². The summed E-state index contributed by atoms with van der Waals surface area (Å²) in [6, 6.07) is 0. The van der Waals surface area contributed by atoms with Gasteiger partial charge in [-0.25, -0.2) is 0 Å². The zero-order valence-electron chi connectivity index (χ0n) is 12.6. The van der Waals surface area contributed by atoms with Gasteiger partial charge in [0, 0.05) is 0 Å². The van der Waals surface area contributed by atoms with Crippen LogP contribution in [0.1, 0.15) is 20.8 Å². The van der Waals surface area contributed by atoms with Crippen LogP contribution in [0.25, 0.3) is 0 Å². The summed E-state index contributed by atoms with van der Waals surface area (Å²) >= 11 is -1.27. The van der Waals surface area contributed by atoms with E-state index in [-0.39, 0.29) is 30.2 Å². The molecule has 0 aliphatic rings. The Labute approximate surface area is 132 Å². The standard InChI is InChI=1S/C5H10.2C3H9P.2ClH.O.W/c1-5(2,3)4;2*1-4(2)3;;;;/h1H,2-4H3;2*1-3H3;2*1H;;. The molecule has 0 bridgehead atoms. The van der Waals surface area contributed by atoms with Crippen LogP contribution in [0.3, 0.4) is 0 Å². The first-order chi connectivity index (χ1) is 6.52. The maximum Gasteiger partial charge on any atom is -0.0449 e. The van der Waals surface area contributed by atoms with Crippen molar-refractivity contribution in [2.45, 2.75) is 20.8 Å². The Morgan fingerprint density at radius 3 is 1.00 bits per heavy atom. The molecule has 1 nitrogen and oxygen atoms in total. The van der Waals surface area contributed by atoms with Gasteiger partial charge in [-0.15, -0.1) is 40.7 Å². The molecule has 0 unspecified atom stereocenters. The van der Waals surface area contributed by atoms with Gasteiger partial charge in [-0.05, 0) is 40.0 Å². The van der Waals surface area contributed by atoms with E-state index in [0.717, 1.165) is 0 Å². The molecule has 0 spiro atoms. The monoisotopic (exact) mass is 494 g/mol. The van der Waals surface area contributed by atoms with Gasteiger partial charge in [0.2, 0.25) is 0 Å². The molecule has 0 aliphatic heterocycles. The Bertz CT molecular complexity index is 165. The van der Waals surface area contributed by atoms with E-state index in [1.165, 1.54) is 0 Å². The second-order valence-corrected chi connectivity index (χ2v) is 12.2. The Balaban J connectivity index is -0.0000000425. The molecule has 0 aromatic heterocycles. The topological polar surface area (TPSA) is 17.1 Å². The molecule has 0 saturated carbocycles. The normalized spacial score (nSPS) is 8.65. The number of halogens is 2. The van der Waals surface area contributed by atoms with Crippen LogP contribution in [0.5, 0.6) is 0 Å². The van der Waals surface area contributed by atoms with E-state index < -0.39 is 18.1 Å². The van der Waals surface area contributed by atoms with Crippen LogP contribution < -0.4 is 0 Å². The molecule has 0 aromatic rings. The summed E-state index contributed by atoms with van der Waals surface area (Å²) in [5, 5.41) is 0. The Kier molecular flexibility index (Phi) is 37.0. The van der Waals surface area contributed by atoms with Gasteiger partial charge < -0.3 is 0 Å².